The monoisotopic (exact) mass is 390 g/mol. The second-order valence-corrected chi connectivity index (χ2v) is 7.47. The Balaban J connectivity index is 1.60. The quantitative estimate of drug-likeness (QED) is 0.518. The Kier molecular flexibility index (Phi) is 4.92. The number of methoxy groups -OCH3 is 1. The second-order valence-electron chi connectivity index (χ2n) is 7.47. The van der Waals surface area contributed by atoms with Crippen LogP contribution in [0.2, 0.25) is 0 Å². The first-order valence-electron chi connectivity index (χ1n) is 9.54. The molecule has 1 saturated heterocycles. The van der Waals surface area contributed by atoms with Crippen molar-refractivity contribution in [3.05, 3.63) is 71.9 Å². The van der Waals surface area contributed by atoms with Gasteiger partial charge in [0.1, 0.15) is 0 Å². The zero-order valence-electron chi connectivity index (χ0n) is 16.1. The molecule has 1 amide bonds. The van der Waals surface area contributed by atoms with E-state index in [1.54, 1.807) is 0 Å². The van der Waals surface area contributed by atoms with Crippen molar-refractivity contribution in [1.29, 1.82) is 0 Å². The molecule has 0 aliphatic carbocycles. The number of benzene rings is 2. The van der Waals surface area contributed by atoms with Crippen molar-refractivity contribution < 1.29 is 19.1 Å². The molecule has 0 radical (unpaired) electrons. The molecule has 6 heteroatoms. The Morgan fingerprint density at radius 1 is 1.10 bits per heavy atom. The number of carbonyl (C=O) groups excluding carboxylic acids is 3. The van der Waals surface area contributed by atoms with Crippen molar-refractivity contribution in [3.8, 4) is 0 Å². The first kappa shape index (κ1) is 18.9. The molecular weight excluding hydrogens is 368 g/mol. The minimum Gasteiger partial charge on any atom is -0.468 e. The summed E-state index contributed by atoms with van der Waals surface area (Å²) >= 11 is 0. The zero-order valence-corrected chi connectivity index (χ0v) is 16.1. The second kappa shape index (κ2) is 7.54. The summed E-state index contributed by atoms with van der Waals surface area (Å²) in [6.07, 6.45) is 2.18. The smallest absolute Gasteiger partial charge is 0.322 e. The number of ether oxygens (including phenoxy) is 1. The van der Waals surface area contributed by atoms with Crippen LogP contribution in [0, 0.1) is 5.41 Å². The number of nitrogens with one attached hydrogen (secondary N) is 2. The van der Waals surface area contributed by atoms with E-state index >= 15 is 0 Å². The molecule has 0 bridgehead atoms. The van der Waals surface area contributed by atoms with Crippen LogP contribution >= 0.6 is 0 Å². The molecule has 0 unspecified atom stereocenters. The summed E-state index contributed by atoms with van der Waals surface area (Å²) in [4.78, 5) is 41.9. The van der Waals surface area contributed by atoms with Gasteiger partial charge in [0.15, 0.2) is 11.2 Å². The number of aromatic amines is 1. The minimum atomic E-state index is -1.54. The minimum absolute atomic E-state index is 0.123. The normalized spacial score (nSPS) is 21.8. The highest BCUT2D eigenvalue weighted by atomic mass is 16.5. The topological polar surface area (TPSA) is 88.3 Å². The largest absolute Gasteiger partial charge is 0.468 e. The Morgan fingerprint density at radius 3 is 2.59 bits per heavy atom. The SMILES string of the molecule is COC(=O)[C@]1(Cc2ccccc2)CC(=O)[C@H](Cc2c[nH]c3ccccc23)NC1=O. The van der Waals surface area contributed by atoms with Crippen molar-refractivity contribution in [2.45, 2.75) is 25.3 Å². The number of aromatic nitrogens is 1. The third-order valence-electron chi connectivity index (χ3n) is 5.63. The number of para-hydroxylation sites is 1. The first-order valence-corrected chi connectivity index (χ1v) is 9.54. The van der Waals surface area contributed by atoms with E-state index in [1.165, 1.54) is 7.11 Å². The summed E-state index contributed by atoms with van der Waals surface area (Å²) in [6, 6.07) is 16.3. The predicted molar refractivity (Wildman–Crippen MR) is 108 cm³/mol. The summed E-state index contributed by atoms with van der Waals surface area (Å²) in [7, 11) is 1.24. The van der Waals surface area contributed by atoms with Gasteiger partial charge in [-0.15, -0.1) is 0 Å². The van der Waals surface area contributed by atoms with Gasteiger partial charge in [0, 0.05) is 29.9 Å². The lowest BCUT2D eigenvalue weighted by molar-refractivity contribution is -0.164. The Bertz CT molecular complexity index is 1070. The van der Waals surface area contributed by atoms with Crippen LogP contribution in [0.4, 0.5) is 0 Å². The third-order valence-corrected chi connectivity index (χ3v) is 5.63. The number of hydrogen-bond acceptors (Lipinski definition) is 4. The number of piperidine rings is 1. The predicted octanol–water partition coefficient (Wildman–Crippen LogP) is 2.57. The molecule has 0 saturated carbocycles. The van der Waals surface area contributed by atoms with Gasteiger partial charge < -0.3 is 15.0 Å². The molecule has 4 rings (SSSR count). The van der Waals surface area contributed by atoms with E-state index in [0.29, 0.717) is 6.42 Å². The third kappa shape index (κ3) is 3.42. The number of H-pyrrole nitrogens is 1. The molecule has 2 aromatic carbocycles. The van der Waals surface area contributed by atoms with Gasteiger partial charge in [0.05, 0.1) is 13.2 Å². The van der Waals surface area contributed by atoms with Gasteiger partial charge in [-0.25, -0.2) is 0 Å². The molecule has 148 valence electrons. The van der Waals surface area contributed by atoms with E-state index in [-0.39, 0.29) is 18.6 Å². The summed E-state index contributed by atoms with van der Waals surface area (Å²) in [5.74, 6) is -1.31. The molecule has 1 fully saturated rings. The van der Waals surface area contributed by atoms with Gasteiger partial charge in [-0.2, -0.15) is 0 Å². The standard InChI is InChI=1S/C23H22N2O4/c1-29-22(28)23(12-15-7-3-2-4-8-15)13-20(26)19(25-21(23)27)11-16-14-24-18-10-6-5-9-17(16)18/h2-10,14,19,24H,11-13H2,1H3,(H,25,27)/t19-,23+/m0/s1. The maximum Gasteiger partial charge on any atom is 0.322 e. The molecule has 2 N–H and O–H groups in total. The number of hydrogen-bond donors (Lipinski definition) is 2. The van der Waals surface area contributed by atoms with E-state index < -0.39 is 23.3 Å². The van der Waals surface area contributed by atoms with E-state index in [4.69, 9.17) is 4.74 Å². The highest BCUT2D eigenvalue weighted by Crippen LogP contribution is 2.34. The van der Waals surface area contributed by atoms with Gasteiger partial charge in [-0.05, 0) is 23.6 Å². The average molecular weight is 390 g/mol. The van der Waals surface area contributed by atoms with Gasteiger partial charge >= 0.3 is 5.97 Å². The van der Waals surface area contributed by atoms with E-state index in [9.17, 15) is 14.4 Å². The number of ketones is 1. The Hall–Kier alpha value is -3.41. The van der Waals surface area contributed by atoms with Crippen LogP contribution in [-0.4, -0.2) is 35.8 Å². The van der Waals surface area contributed by atoms with Gasteiger partial charge in [-0.1, -0.05) is 48.5 Å². The fourth-order valence-electron chi connectivity index (χ4n) is 4.08. The highest BCUT2D eigenvalue weighted by molar-refractivity contribution is 6.11. The number of amides is 1. The average Bonchev–Trinajstić information content (AvgIpc) is 3.14. The number of fused-ring (bicyclic) bond motifs is 1. The van der Waals surface area contributed by atoms with E-state index in [0.717, 1.165) is 22.0 Å². The molecule has 2 atom stereocenters. The van der Waals surface area contributed by atoms with E-state index in [1.807, 2.05) is 60.8 Å². The lowest BCUT2D eigenvalue weighted by Crippen LogP contribution is -2.60. The van der Waals surface area contributed by atoms with Crippen LogP contribution in [0.25, 0.3) is 10.9 Å². The lowest BCUT2D eigenvalue weighted by atomic mass is 9.72. The fraction of sp³-hybridized carbons (Fsp3) is 0.261. The van der Waals surface area contributed by atoms with Gasteiger partial charge in [0.2, 0.25) is 5.91 Å². The van der Waals surface area contributed by atoms with Crippen LogP contribution in [0.5, 0.6) is 0 Å². The number of Topliss-reactive ketones (excluding diaryl/α,β-unsaturated/α-hetero) is 1. The molecule has 1 aliphatic rings. The van der Waals surface area contributed by atoms with Crippen molar-refractivity contribution in [2.24, 2.45) is 5.41 Å². The van der Waals surface area contributed by atoms with Crippen LogP contribution in [0.15, 0.2) is 60.8 Å². The van der Waals surface area contributed by atoms with Crippen molar-refractivity contribution in [1.82, 2.24) is 10.3 Å². The lowest BCUT2D eigenvalue weighted by Gasteiger charge is -2.36. The molecular formula is C23H22N2O4. The Labute approximate surface area is 168 Å². The zero-order chi connectivity index (χ0) is 20.4. The molecule has 1 aliphatic heterocycles. The van der Waals surface area contributed by atoms with Crippen LogP contribution in [-0.2, 0) is 32.0 Å². The fourth-order valence-corrected chi connectivity index (χ4v) is 4.08. The summed E-state index contributed by atoms with van der Waals surface area (Å²) < 4.78 is 4.93. The van der Waals surface area contributed by atoms with E-state index in [2.05, 4.69) is 10.3 Å². The molecule has 0 spiro atoms. The van der Waals surface area contributed by atoms with Crippen molar-refractivity contribution in [3.63, 3.8) is 0 Å². The molecule has 1 aromatic heterocycles. The van der Waals surface area contributed by atoms with Gasteiger partial charge in [-0.3, -0.25) is 14.4 Å². The van der Waals surface area contributed by atoms with Crippen LogP contribution in [0.1, 0.15) is 17.5 Å². The summed E-state index contributed by atoms with van der Waals surface area (Å²) in [5, 5.41) is 3.81. The highest BCUT2D eigenvalue weighted by Gasteiger charge is 2.53. The van der Waals surface area contributed by atoms with Crippen LogP contribution < -0.4 is 5.32 Å². The Morgan fingerprint density at radius 2 is 1.83 bits per heavy atom. The molecule has 6 nitrogen and oxygen atoms in total. The maximum atomic E-state index is 13.1. The number of rotatable bonds is 5. The summed E-state index contributed by atoms with van der Waals surface area (Å²) in [5.41, 5.74) is 1.19. The van der Waals surface area contributed by atoms with Crippen molar-refractivity contribution >= 4 is 28.6 Å². The molecule has 2 heterocycles. The number of esters is 1. The maximum absolute atomic E-state index is 13.1. The molecule has 29 heavy (non-hydrogen) atoms. The first-order chi connectivity index (χ1) is 14.0. The van der Waals surface area contributed by atoms with Crippen molar-refractivity contribution in [2.75, 3.05) is 7.11 Å². The molecule has 3 aromatic rings. The summed E-state index contributed by atoms with van der Waals surface area (Å²) in [6.45, 7) is 0. The van der Waals surface area contributed by atoms with Crippen LogP contribution in [0.3, 0.4) is 0 Å². The number of carbonyl (C=O) groups is 3. The van der Waals surface area contributed by atoms with Gasteiger partial charge in [0.25, 0.3) is 0 Å².